The van der Waals surface area contributed by atoms with Crippen molar-refractivity contribution in [2.75, 3.05) is 0 Å². The molecule has 0 radical (unpaired) electrons. The molecule has 0 spiro atoms. The number of hydrogen-bond donors (Lipinski definition) is 2. The smallest absolute Gasteiger partial charge is 0.251 e. The lowest BCUT2D eigenvalue weighted by Gasteiger charge is -2.26. The van der Waals surface area contributed by atoms with E-state index in [9.17, 15) is 4.79 Å². The largest absolute Gasteiger partial charge is 0.349 e. The van der Waals surface area contributed by atoms with Crippen molar-refractivity contribution in [1.82, 2.24) is 19.9 Å². The predicted molar refractivity (Wildman–Crippen MR) is 79.1 cm³/mol. The molecule has 6 nitrogen and oxygen atoms in total. The SMILES string of the molecule is NC1CCC(NC(=O)c2ccnc(-n3ccnc3)c2)CC1. The van der Waals surface area contributed by atoms with Gasteiger partial charge in [0.1, 0.15) is 12.1 Å². The summed E-state index contributed by atoms with van der Waals surface area (Å²) in [6, 6.07) is 4.00. The molecule has 2 aromatic rings. The summed E-state index contributed by atoms with van der Waals surface area (Å²) in [6.45, 7) is 0. The molecule has 2 aromatic heterocycles. The van der Waals surface area contributed by atoms with Crippen molar-refractivity contribution >= 4 is 5.91 Å². The van der Waals surface area contributed by atoms with Gasteiger partial charge in [-0.1, -0.05) is 0 Å². The topological polar surface area (TPSA) is 85.8 Å². The highest BCUT2D eigenvalue weighted by atomic mass is 16.1. The zero-order valence-electron chi connectivity index (χ0n) is 11.8. The summed E-state index contributed by atoms with van der Waals surface area (Å²) >= 11 is 0. The van der Waals surface area contributed by atoms with Crippen molar-refractivity contribution in [2.24, 2.45) is 5.73 Å². The molecule has 6 heteroatoms. The molecule has 2 heterocycles. The Morgan fingerprint density at radius 3 is 2.81 bits per heavy atom. The molecule has 1 aliphatic rings. The fourth-order valence-corrected chi connectivity index (χ4v) is 2.63. The normalized spacial score (nSPS) is 22.0. The minimum absolute atomic E-state index is 0.0563. The molecule has 0 aliphatic heterocycles. The highest BCUT2D eigenvalue weighted by Crippen LogP contribution is 2.17. The Morgan fingerprint density at radius 1 is 1.29 bits per heavy atom. The molecule has 21 heavy (non-hydrogen) atoms. The van der Waals surface area contributed by atoms with Crippen molar-refractivity contribution in [3.8, 4) is 5.82 Å². The van der Waals surface area contributed by atoms with E-state index >= 15 is 0 Å². The summed E-state index contributed by atoms with van der Waals surface area (Å²) in [5.74, 6) is 0.630. The van der Waals surface area contributed by atoms with Crippen LogP contribution in [0.25, 0.3) is 5.82 Å². The van der Waals surface area contributed by atoms with Crippen LogP contribution in [0.5, 0.6) is 0 Å². The Bertz CT molecular complexity index is 602. The number of imidazole rings is 1. The molecule has 1 amide bonds. The summed E-state index contributed by atoms with van der Waals surface area (Å²) in [5.41, 5.74) is 6.50. The second-order valence-electron chi connectivity index (χ2n) is 5.46. The van der Waals surface area contributed by atoms with Gasteiger partial charge in [0.15, 0.2) is 0 Å². The van der Waals surface area contributed by atoms with E-state index in [1.165, 1.54) is 0 Å². The number of aromatic nitrogens is 3. The predicted octanol–water partition coefficient (Wildman–Crippen LogP) is 1.27. The minimum atomic E-state index is -0.0563. The Labute approximate surface area is 123 Å². The van der Waals surface area contributed by atoms with Crippen LogP contribution in [-0.2, 0) is 0 Å². The van der Waals surface area contributed by atoms with E-state index in [1.54, 1.807) is 41.6 Å². The van der Waals surface area contributed by atoms with Crippen LogP contribution < -0.4 is 11.1 Å². The molecule has 1 saturated carbocycles. The quantitative estimate of drug-likeness (QED) is 0.889. The monoisotopic (exact) mass is 285 g/mol. The molecule has 0 atom stereocenters. The van der Waals surface area contributed by atoms with Crippen LogP contribution in [0.3, 0.4) is 0 Å². The van der Waals surface area contributed by atoms with E-state index in [-0.39, 0.29) is 18.0 Å². The van der Waals surface area contributed by atoms with Gasteiger partial charge in [-0.15, -0.1) is 0 Å². The van der Waals surface area contributed by atoms with Crippen LogP contribution >= 0.6 is 0 Å². The number of hydrogen-bond acceptors (Lipinski definition) is 4. The van der Waals surface area contributed by atoms with Gasteiger partial charge in [-0.3, -0.25) is 9.36 Å². The van der Waals surface area contributed by atoms with Crippen LogP contribution in [0.15, 0.2) is 37.1 Å². The number of rotatable bonds is 3. The first-order valence-electron chi connectivity index (χ1n) is 7.23. The summed E-state index contributed by atoms with van der Waals surface area (Å²) in [5, 5.41) is 3.08. The molecule has 1 fully saturated rings. The van der Waals surface area contributed by atoms with E-state index in [0.29, 0.717) is 11.4 Å². The van der Waals surface area contributed by atoms with E-state index in [0.717, 1.165) is 25.7 Å². The number of amides is 1. The van der Waals surface area contributed by atoms with Crippen LogP contribution in [0.2, 0.25) is 0 Å². The van der Waals surface area contributed by atoms with Gasteiger partial charge >= 0.3 is 0 Å². The highest BCUT2D eigenvalue weighted by Gasteiger charge is 2.20. The third kappa shape index (κ3) is 3.28. The Hall–Kier alpha value is -2.21. The van der Waals surface area contributed by atoms with Gasteiger partial charge in [0.2, 0.25) is 0 Å². The first-order chi connectivity index (χ1) is 10.2. The number of nitrogens with zero attached hydrogens (tertiary/aromatic N) is 3. The molecule has 0 aromatic carbocycles. The second-order valence-corrected chi connectivity index (χ2v) is 5.46. The Kier molecular flexibility index (Phi) is 3.96. The zero-order chi connectivity index (χ0) is 14.7. The number of nitrogens with two attached hydrogens (primary N) is 1. The van der Waals surface area contributed by atoms with Crippen LogP contribution in [0.4, 0.5) is 0 Å². The number of carbonyl (C=O) groups is 1. The standard InChI is InChI=1S/C15H19N5O/c16-12-1-3-13(4-2-12)19-15(21)11-5-6-18-14(9-11)20-8-7-17-10-20/h5-10,12-13H,1-4,16H2,(H,19,21). The fourth-order valence-electron chi connectivity index (χ4n) is 2.63. The molecule has 3 rings (SSSR count). The maximum Gasteiger partial charge on any atom is 0.251 e. The molecule has 0 bridgehead atoms. The van der Waals surface area contributed by atoms with Crippen molar-refractivity contribution in [2.45, 2.75) is 37.8 Å². The first kappa shape index (κ1) is 13.8. The Morgan fingerprint density at radius 2 is 2.10 bits per heavy atom. The summed E-state index contributed by atoms with van der Waals surface area (Å²) in [4.78, 5) is 20.6. The molecule has 0 unspecified atom stereocenters. The average molecular weight is 285 g/mol. The molecular formula is C15H19N5O. The van der Waals surface area contributed by atoms with Gasteiger partial charge in [0.05, 0.1) is 0 Å². The highest BCUT2D eigenvalue weighted by molar-refractivity contribution is 5.94. The van der Waals surface area contributed by atoms with Gasteiger partial charge in [-0.05, 0) is 37.8 Å². The van der Waals surface area contributed by atoms with Crippen LogP contribution in [-0.4, -0.2) is 32.5 Å². The third-order valence-corrected chi connectivity index (χ3v) is 3.88. The molecule has 0 saturated heterocycles. The van der Waals surface area contributed by atoms with Crippen molar-refractivity contribution in [1.29, 1.82) is 0 Å². The lowest BCUT2D eigenvalue weighted by molar-refractivity contribution is 0.0925. The van der Waals surface area contributed by atoms with Crippen LogP contribution in [0.1, 0.15) is 36.0 Å². The Balaban J connectivity index is 1.69. The fraction of sp³-hybridized carbons (Fsp3) is 0.400. The summed E-state index contributed by atoms with van der Waals surface area (Å²) in [7, 11) is 0. The van der Waals surface area contributed by atoms with E-state index in [2.05, 4.69) is 15.3 Å². The van der Waals surface area contributed by atoms with Crippen LogP contribution in [0, 0.1) is 0 Å². The summed E-state index contributed by atoms with van der Waals surface area (Å²) < 4.78 is 1.77. The molecular weight excluding hydrogens is 266 g/mol. The molecule has 110 valence electrons. The minimum Gasteiger partial charge on any atom is -0.349 e. The number of pyridine rings is 1. The molecule has 3 N–H and O–H groups in total. The maximum absolute atomic E-state index is 12.3. The van der Waals surface area contributed by atoms with E-state index in [4.69, 9.17) is 5.73 Å². The number of carbonyl (C=O) groups excluding carboxylic acids is 1. The zero-order valence-corrected chi connectivity index (χ0v) is 11.8. The van der Waals surface area contributed by atoms with Gasteiger partial charge in [0, 0.05) is 36.2 Å². The van der Waals surface area contributed by atoms with Gasteiger partial charge < -0.3 is 11.1 Å². The first-order valence-corrected chi connectivity index (χ1v) is 7.23. The number of nitrogens with one attached hydrogen (secondary N) is 1. The average Bonchev–Trinajstić information content (AvgIpc) is 3.04. The van der Waals surface area contributed by atoms with Crippen molar-refractivity contribution < 1.29 is 4.79 Å². The third-order valence-electron chi connectivity index (χ3n) is 3.88. The molecule has 1 aliphatic carbocycles. The van der Waals surface area contributed by atoms with Crippen molar-refractivity contribution in [3.05, 3.63) is 42.6 Å². The maximum atomic E-state index is 12.3. The van der Waals surface area contributed by atoms with E-state index in [1.807, 2.05) is 0 Å². The van der Waals surface area contributed by atoms with Gasteiger partial charge in [0.25, 0.3) is 5.91 Å². The van der Waals surface area contributed by atoms with Gasteiger partial charge in [-0.2, -0.15) is 0 Å². The van der Waals surface area contributed by atoms with Gasteiger partial charge in [-0.25, -0.2) is 9.97 Å². The lowest BCUT2D eigenvalue weighted by atomic mass is 9.91. The van der Waals surface area contributed by atoms with E-state index < -0.39 is 0 Å². The summed E-state index contributed by atoms with van der Waals surface area (Å²) in [6.07, 6.45) is 10.6. The van der Waals surface area contributed by atoms with Crippen molar-refractivity contribution in [3.63, 3.8) is 0 Å². The lowest BCUT2D eigenvalue weighted by Crippen LogP contribution is -2.40. The second kappa shape index (κ2) is 6.05.